The van der Waals surface area contributed by atoms with Crippen molar-refractivity contribution in [3.63, 3.8) is 0 Å². The second kappa shape index (κ2) is 6.11. The van der Waals surface area contributed by atoms with Gasteiger partial charge in [-0.15, -0.1) is 0 Å². The Morgan fingerprint density at radius 2 is 1.95 bits per heavy atom. The summed E-state index contributed by atoms with van der Waals surface area (Å²) in [6.45, 7) is 9.95. The van der Waals surface area contributed by atoms with Gasteiger partial charge in [0, 0.05) is 24.9 Å². The average molecular weight is 276 g/mol. The maximum Gasteiger partial charge on any atom is 0.201 e. The van der Waals surface area contributed by atoms with E-state index in [9.17, 15) is 4.79 Å². The normalized spacial score (nSPS) is 23.8. The summed E-state index contributed by atoms with van der Waals surface area (Å²) in [6.07, 6.45) is 9.12. The second-order valence-electron chi connectivity index (χ2n) is 7.22. The molecule has 0 N–H and O–H groups in total. The van der Waals surface area contributed by atoms with Crippen molar-refractivity contribution in [2.75, 3.05) is 0 Å². The van der Waals surface area contributed by atoms with Gasteiger partial charge in [0.2, 0.25) is 5.78 Å². The molecule has 1 aliphatic rings. The summed E-state index contributed by atoms with van der Waals surface area (Å²) in [7, 11) is 0. The third-order valence-corrected chi connectivity index (χ3v) is 4.72. The van der Waals surface area contributed by atoms with Crippen LogP contribution in [0.25, 0.3) is 0 Å². The lowest BCUT2D eigenvalue weighted by molar-refractivity contribution is 0.0804. The maximum atomic E-state index is 12.6. The number of aromatic nitrogens is 2. The quantitative estimate of drug-likeness (QED) is 0.767. The van der Waals surface area contributed by atoms with Gasteiger partial charge in [0.15, 0.2) is 5.82 Å². The van der Waals surface area contributed by atoms with E-state index in [2.05, 4.69) is 32.7 Å². The van der Waals surface area contributed by atoms with Gasteiger partial charge in [0.05, 0.1) is 0 Å². The molecule has 1 heterocycles. The predicted octanol–water partition coefficient (Wildman–Crippen LogP) is 4.33. The number of imidazole rings is 1. The Hall–Kier alpha value is -1.12. The monoisotopic (exact) mass is 276 g/mol. The van der Waals surface area contributed by atoms with E-state index in [0.717, 1.165) is 31.7 Å². The molecule has 0 atom stereocenters. The summed E-state index contributed by atoms with van der Waals surface area (Å²) in [5.74, 6) is 1.87. The summed E-state index contributed by atoms with van der Waals surface area (Å²) in [6, 6.07) is 0. The minimum Gasteiger partial charge on any atom is -0.329 e. The lowest BCUT2D eigenvalue weighted by atomic mass is 9.69. The number of ketones is 1. The van der Waals surface area contributed by atoms with Crippen molar-refractivity contribution in [3.8, 4) is 0 Å². The Bertz CT molecular complexity index is 448. The van der Waals surface area contributed by atoms with E-state index < -0.39 is 0 Å². The molecular formula is C17H28N2O. The molecule has 0 radical (unpaired) electrons. The van der Waals surface area contributed by atoms with Crippen LogP contribution >= 0.6 is 0 Å². The Morgan fingerprint density at radius 1 is 1.30 bits per heavy atom. The third-order valence-electron chi connectivity index (χ3n) is 4.72. The van der Waals surface area contributed by atoms with Crippen LogP contribution in [0, 0.1) is 17.3 Å². The highest BCUT2D eigenvalue weighted by Gasteiger charge is 2.33. The molecule has 1 aromatic heterocycles. The molecule has 1 fully saturated rings. The molecule has 0 aromatic carbocycles. The van der Waals surface area contributed by atoms with Gasteiger partial charge >= 0.3 is 0 Å². The number of hydrogen-bond donors (Lipinski definition) is 0. The SMILES string of the molecule is CCCn1ccnc1C(=O)C1CCC(C(C)(C)C)CC1. The van der Waals surface area contributed by atoms with Crippen LogP contribution in [-0.4, -0.2) is 15.3 Å². The smallest absolute Gasteiger partial charge is 0.201 e. The van der Waals surface area contributed by atoms with E-state index in [0.29, 0.717) is 11.2 Å². The van der Waals surface area contributed by atoms with Crippen molar-refractivity contribution in [1.29, 1.82) is 0 Å². The molecule has 0 aliphatic heterocycles. The van der Waals surface area contributed by atoms with Gasteiger partial charge in [-0.1, -0.05) is 27.7 Å². The summed E-state index contributed by atoms with van der Waals surface area (Å²) >= 11 is 0. The Kier molecular flexibility index (Phi) is 4.66. The molecule has 1 saturated carbocycles. The molecule has 0 bridgehead atoms. The Balaban J connectivity index is 2.00. The molecule has 0 spiro atoms. The van der Waals surface area contributed by atoms with Crippen LogP contribution in [0.2, 0.25) is 0 Å². The van der Waals surface area contributed by atoms with Crippen LogP contribution in [0.5, 0.6) is 0 Å². The highest BCUT2D eigenvalue weighted by molar-refractivity contribution is 5.94. The zero-order chi connectivity index (χ0) is 14.8. The van der Waals surface area contributed by atoms with Gasteiger partial charge < -0.3 is 4.57 Å². The second-order valence-corrected chi connectivity index (χ2v) is 7.22. The van der Waals surface area contributed by atoms with E-state index in [1.54, 1.807) is 6.20 Å². The van der Waals surface area contributed by atoms with Crippen LogP contribution in [-0.2, 0) is 6.54 Å². The van der Waals surface area contributed by atoms with Crippen molar-refractivity contribution in [3.05, 3.63) is 18.2 Å². The minimum absolute atomic E-state index is 0.187. The fourth-order valence-electron chi connectivity index (χ4n) is 3.36. The first kappa shape index (κ1) is 15.3. The average Bonchev–Trinajstić information content (AvgIpc) is 2.86. The van der Waals surface area contributed by atoms with Gasteiger partial charge in [-0.25, -0.2) is 4.98 Å². The number of rotatable bonds is 4. The van der Waals surface area contributed by atoms with E-state index in [4.69, 9.17) is 0 Å². The molecule has 2 rings (SSSR count). The Morgan fingerprint density at radius 3 is 2.50 bits per heavy atom. The Labute approximate surface area is 122 Å². The minimum atomic E-state index is 0.187. The largest absolute Gasteiger partial charge is 0.329 e. The number of carbonyl (C=O) groups is 1. The van der Waals surface area contributed by atoms with Crippen LogP contribution < -0.4 is 0 Å². The zero-order valence-corrected chi connectivity index (χ0v) is 13.4. The number of hydrogen-bond acceptors (Lipinski definition) is 2. The first-order valence-electron chi connectivity index (χ1n) is 7.98. The lowest BCUT2D eigenvalue weighted by Gasteiger charge is -2.36. The van der Waals surface area contributed by atoms with Crippen molar-refractivity contribution < 1.29 is 4.79 Å². The highest BCUT2D eigenvalue weighted by atomic mass is 16.1. The fourth-order valence-corrected chi connectivity index (χ4v) is 3.36. The predicted molar refractivity (Wildman–Crippen MR) is 81.8 cm³/mol. The molecule has 3 heteroatoms. The van der Waals surface area contributed by atoms with E-state index >= 15 is 0 Å². The standard InChI is InChI=1S/C17H28N2O/c1-5-11-19-12-10-18-16(19)15(20)13-6-8-14(9-7-13)17(2,3)4/h10,12-14H,5-9,11H2,1-4H3. The topological polar surface area (TPSA) is 34.9 Å². The lowest BCUT2D eigenvalue weighted by Crippen LogP contribution is -2.29. The summed E-state index contributed by atoms with van der Waals surface area (Å²) in [4.78, 5) is 16.9. The molecule has 20 heavy (non-hydrogen) atoms. The molecule has 0 amide bonds. The maximum absolute atomic E-state index is 12.6. The fraction of sp³-hybridized carbons (Fsp3) is 0.765. The van der Waals surface area contributed by atoms with E-state index in [1.165, 1.54) is 12.8 Å². The summed E-state index contributed by atoms with van der Waals surface area (Å²) in [5.41, 5.74) is 0.370. The highest BCUT2D eigenvalue weighted by Crippen LogP contribution is 2.40. The van der Waals surface area contributed by atoms with Crippen molar-refractivity contribution >= 4 is 5.78 Å². The van der Waals surface area contributed by atoms with Crippen LogP contribution in [0.3, 0.4) is 0 Å². The molecule has 3 nitrogen and oxygen atoms in total. The van der Waals surface area contributed by atoms with Gasteiger partial charge in [-0.05, 0) is 43.4 Å². The van der Waals surface area contributed by atoms with Crippen molar-refractivity contribution in [1.82, 2.24) is 9.55 Å². The van der Waals surface area contributed by atoms with Gasteiger partial charge in [-0.3, -0.25) is 4.79 Å². The third kappa shape index (κ3) is 3.31. The van der Waals surface area contributed by atoms with Gasteiger partial charge in [0.25, 0.3) is 0 Å². The molecule has 112 valence electrons. The number of carbonyl (C=O) groups excluding carboxylic acids is 1. The first-order valence-corrected chi connectivity index (χ1v) is 7.98. The van der Waals surface area contributed by atoms with Crippen LogP contribution in [0.1, 0.15) is 70.4 Å². The summed E-state index contributed by atoms with van der Waals surface area (Å²) in [5, 5.41) is 0. The first-order chi connectivity index (χ1) is 9.43. The van der Waals surface area contributed by atoms with E-state index in [1.807, 2.05) is 10.8 Å². The molecule has 0 unspecified atom stereocenters. The molecule has 0 saturated heterocycles. The van der Waals surface area contributed by atoms with Crippen molar-refractivity contribution in [2.24, 2.45) is 17.3 Å². The van der Waals surface area contributed by atoms with Crippen molar-refractivity contribution in [2.45, 2.75) is 66.3 Å². The van der Waals surface area contributed by atoms with Crippen LogP contribution in [0.4, 0.5) is 0 Å². The number of aryl methyl sites for hydroxylation is 1. The molecular weight excluding hydrogens is 248 g/mol. The van der Waals surface area contributed by atoms with Gasteiger partial charge in [0.1, 0.15) is 0 Å². The van der Waals surface area contributed by atoms with E-state index in [-0.39, 0.29) is 11.7 Å². The van der Waals surface area contributed by atoms with Gasteiger partial charge in [-0.2, -0.15) is 0 Å². The zero-order valence-electron chi connectivity index (χ0n) is 13.4. The molecule has 1 aliphatic carbocycles. The number of Topliss-reactive ketones (excluding diaryl/α,β-unsaturated/α-hetero) is 1. The number of nitrogens with zero attached hydrogens (tertiary/aromatic N) is 2. The summed E-state index contributed by atoms with van der Waals surface area (Å²) < 4.78 is 2.01. The van der Waals surface area contributed by atoms with Crippen LogP contribution in [0.15, 0.2) is 12.4 Å². The molecule has 1 aromatic rings.